The fourth-order valence-corrected chi connectivity index (χ4v) is 5.86. The van der Waals surface area contributed by atoms with E-state index in [9.17, 15) is 15.0 Å². The van der Waals surface area contributed by atoms with Gasteiger partial charge in [-0.3, -0.25) is 4.79 Å². The van der Waals surface area contributed by atoms with Crippen LogP contribution in [0.3, 0.4) is 0 Å². The lowest BCUT2D eigenvalue weighted by Crippen LogP contribution is -2.45. The molecule has 1 amide bonds. The number of amides is 1. The Bertz CT molecular complexity index is 756. The van der Waals surface area contributed by atoms with E-state index in [4.69, 9.17) is 0 Å². The summed E-state index contributed by atoms with van der Waals surface area (Å²) in [6, 6.07) is -0.636. The Balaban J connectivity index is 3.48. The molecular weight excluding hydrogens is 578 g/mol. The number of rotatable bonds is 36. The molecule has 0 aromatic rings. The van der Waals surface area contributed by atoms with Gasteiger partial charge in [-0.25, -0.2) is 0 Å². The van der Waals surface area contributed by atoms with E-state index < -0.39 is 12.1 Å². The predicted octanol–water partition coefficient (Wildman–Crippen LogP) is 12.4. The number of unbranched alkanes of at least 4 members (excludes halogenated alkanes) is 23. The number of hydrogen-bond acceptors (Lipinski definition) is 3. The van der Waals surface area contributed by atoms with Gasteiger partial charge in [0.1, 0.15) is 0 Å². The molecule has 0 aliphatic carbocycles. The lowest BCUT2D eigenvalue weighted by molar-refractivity contribution is -0.123. The van der Waals surface area contributed by atoms with Crippen molar-refractivity contribution in [3.63, 3.8) is 0 Å². The molecule has 0 bridgehead atoms. The fraction of sp³-hybridized carbons (Fsp3) is 0.791. The second-order valence-electron chi connectivity index (χ2n) is 13.7. The van der Waals surface area contributed by atoms with Gasteiger partial charge in [0.2, 0.25) is 5.91 Å². The third kappa shape index (κ3) is 35.5. The average molecular weight is 658 g/mol. The van der Waals surface area contributed by atoms with Gasteiger partial charge < -0.3 is 15.5 Å². The van der Waals surface area contributed by atoms with Gasteiger partial charge in [-0.15, -0.1) is 0 Å². The van der Waals surface area contributed by atoms with Crippen LogP contribution in [-0.2, 0) is 4.79 Å². The highest BCUT2D eigenvalue weighted by molar-refractivity contribution is 5.76. The Hall–Kier alpha value is -1.65. The lowest BCUT2D eigenvalue weighted by Gasteiger charge is -2.19. The molecule has 0 radical (unpaired) electrons. The molecule has 2 unspecified atom stereocenters. The molecule has 0 aromatic carbocycles. The minimum absolute atomic E-state index is 0.0787. The summed E-state index contributed by atoms with van der Waals surface area (Å²) >= 11 is 0. The largest absolute Gasteiger partial charge is 0.394 e. The van der Waals surface area contributed by atoms with Crippen molar-refractivity contribution < 1.29 is 15.0 Å². The van der Waals surface area contributed by atoms with E-state index >= 15 is 0 Å². The third-order valence-electron chi connectivity index (χ3n) is 9.03. The third-order valence-corrected chi connectivity index (χ3v) is 9.03. The van der Waals surface area contributed by atoms with Crippen molar-refractivity contribution in [2.75, 3.05) is 6.61 Å². The first kappa shape index (κ1) is 45.3. The van der Waals surface area contributed by atoms with Crippen LogP contribution in [0.1, 0.15) is 200 Å². The second-order valence-corrected chi connectivity index (χ2v) is 13.7. The Morgan fingerprint density at radius 1 is 0.511 bits per heavy atom. The minimum atomic E-state index is -0.858. The first-order chi connectivity index (χ1) is 23.2. The van der Waals surface area contributed by atoms with E-state index in [1.165, 1.54) is 141 Å². The molecule has 4 nitrogen and oxygen atoms in total. The Morgan fingerprint density at radius 3 is 1.43 bits per heavy atom. The van der Waals surface area contributed by atoms with Gasteiger partial charge in [0, 0.05) is 6.42 Å². The van der Waals surface area contributed by atoms with Crippen LogP contribution in [0.2, 0.25) is 0 Å². The predicted molar refractivity (Wildman–Crippen MR) is 207 cm³/mol. The van der Waals surface area contributed by atoms with Crippen LogP contribution >= 0.6 is 0 Å². The zero-order valence-electron chi connectivity index (χ0n) is 31.3. The molecule has 0 aliphatic rings. The maximum absolute atomic E-state index is 12.3. The minimum Gasteiger partial charge on any atom is -0.394 e. The van der Waals surface area contributed by atoms with E-state index in [1.54, 1.807) is 6.08 Å². The monoisotopic (exact) mass is 658 g/mol. The van der Waals surface area contributed by atoms with E-state index in [1.807, 2.05) is 6.08 Å². The molecule has 3 N–H and O–H groups in total. The van der Waals surface area contributed by atoms with Gasteiger partial charge in [-0.1, -0.05) is 184 Å². The summed E-state index contributed by atoms with van der Waals surface area (Å²) in [6.07, 6.45) is 52.3. The quantitative estimate of drug-likeness (QED) is 0.0464. The van der Waals surface area contributed by atoms with Crippen LogP contribution in [-0.4, -0.2) is 34.9 Å². The van der Waals surface area contributed by atoms with Crippen molar-refractivity contribution in [3.05, 3.63) is 48.6 Å². The standard InChI is InChI=1S/C43H79NO3/c1-3-5-7-9-11-13-14-15-16-17-18-19-20-21-22-23-24-25-26-27-28-29-30-31-33-35-37-39-43(47)44-41(40-45)42(46)38-36-34-32-12-10-8-6-4-2/h10,12,14-15,17-18,36,38,41-42,45-46H,3-9,11,13,16,19-35,37,39-40H2,1-2H3,(H,44,47)/b12-10+,15-14-,18-17-,38-36+. The van der Waals surface area contributed by atoms with Gasteiger partial charge in [-0.2, -0.15) is 0 Å². The van der Waals surface area contributed by atoms with E-state index in [-0.39, 0.29) is 12.5 Å². The second kappa shape index (κ2) is 38.8. The highest BCUT2D eigenvalue weighted by Gasteiger charge is 2.17. The first-order valence-corrected chi connectivity index (χ1v) is 20.4. The summed E-state index contributed by atoms with van der Waals surface area (Å²) in [5.74, 6) is -0.0787. The Labute approximate surface area is 293 Å². The fourth-order valence-electron chi connectivity index (χ4n) is 5.86. The molecule has 0 aliphatic heterocycles. The summed E-state index contributed by atoms with van der Waals surface area (Å²) in [6.45, 7) is 4.21. The van der Waals surface area contributed by atoms with Crippen LogP contribution in [0.15, 0.2) is 48.6 Å². The molecule has 0 spiro atoms. The van der Waals surface area contributed by atoms with E-state index in [2.05, 4.69) is 55.6 Å². The van der Waals surface area contributed by atoms with Gasteiger partial charge in [-0.05, 0) is 57.8 Å². The maximum Gasteiger partial charge on any atom is 0.220 e. The molecule has 0 saturated heterocycles. The van der Waals surface area contributed by atoms with Gasteiger partial charge in [0.25, 0.3) is 0 Å². The first-order valence-electron chi connectivity index (χ1n) is 20.4. The van der Waals surface area contributed by atoms with Crippen LogP contribution in [0.4, 0.5) is 0 Å². The van der Waals surface area contributed by atoms with Crippen molar-refractivity contribution in [1.29, 1.82) is 0 Å². The molecule has 0 saturated carbocycles. The highest BCUT2D eigenvalue weighted by atomic mass is 16.3. The summed E-state index contributed by atoms with van der Waals surface area (Å²) < 4.78 is 0. The average Bonchev–Trinajstić information content (AvgIpc) is 3.07. The van der Waals surface area contributed by atoms with Gasteiger partial charge in [0.05, 0.1) is 18.8 Å². The number of aliphatic hydroxyl groups is 2. The molecule has 47 heavy (non-hydrogen) atoms. The van der Waals surface area contributed by atoms with Crippen molar-refractivity contribution in [2.45, 2.75) is 212 Å². The van der Waals surface area contributed by atoms with Crippen LogP contribution < -0.4 is 5.32 Å². The van der Waals surface area contributed by atoms with E-state index in [0.29, 0.717) is 6.42 Å². The molecule has 4 heteroatoms. The van der Waals surface area contributed by atoms with Crippen molar-refractivity contribution in [3.8, 4) is 0 Å². The number of allylic oxidation sites excluding steroid dienone is 7. The number of aliphatic hydroxyl groups excluding tert-OH is 2. The smallest absolute Gasteiger partial charge is 0.220 e. The summed E-state index contributed by atoms with van der Waals surface area (Å²) in [5.41, 5.74) is 0. The number of hydrogen-bond donors (Lipinski definition) is 3. The van der Waals surface area contributed by atoms with Crippen molar-refractivity contribution in [1.82, 2.24) is 5.32 Å². The zero-order chi connectivity index (χ0) is 34.3. The molecule has 0 rings (SSSR count). The summed E-state index contributed by atoms with van der Waals surface area (Å²) in [5, 5.41) is 22.7. The van der Waals surface area contributed by atoms with Crippen LogP contribution in [0, 0.1) is 0 Å². The number of nitrogens with one attached hydrogen (secondary N) is 1. The SMILES string of the molecule is CCCC/C=C/CC/C=C/C(O)C(CO)NC(=O)CCCCCCCCCCCCCCCCC/C=C\C/C=C\CCCCCCC. The lowest BCUT2D eigenvalue weighted by atomic mass is 10.0. The van der Waals surface area contributed by atoms with Gasteiger partial charge in [0.15, 0.2) is 0 Å². The molecular formula is C43H79NO3. The van der Waals surface area contributed by atoms with Gasteiger partial charge >= 0.3 is 0 Å². The zero-order valence-corrected chi connectivity index (χ0v) is 31.3. The molecule has 0 fully saturated rings. The van der Waals surface area contributed by atoms with Crippen LogP contribution in [0.5, 0.6) is 0 Å². The molecule has 0 aromatic heterocycles. The normalized spacial score (nSPS) is 13.5. The Kier molecular flexibility index (Phi) is 37.4. The molecule has 0 heterocycles. The summed E-state index contributed by atoms with van der Waals surface area (Å²) in [7, 11) is 0. The Morgan fingerprint density at radius 2 is 0.915 bits per heavy atom. The topological polar surface area (TPSA) is 69.6 Å². The number of carbonyl (C=O) groups excluding carboxylic acids is 1. The molecule has 274 valence electrons. The van der Waals surface area contributed by atoms with Crippen LogP contribution in [0.25, 0.3) is 0 Å². The maximum atomic E-state index is 12.3. The number of carbonyl (C=O) groups is 1. The van der Waals surface area contributed by atoms with Crippen molar-refractivity contribution >= 4 is 5.91 Å². The summed E-state index contributed by atoms with van der Waals surface area (Å²) in [4.78, 5) is 12.3. The molecule has 2 atom stereocenters. The highest BCUT2D eigenvalue weighted by Crippen LogP contribution is 2.14. The van der Waals surface area contributed by atoms with Crippen molar-refractivity contribution in [2.24, 2.45) is 0 Å². The van der Waals surface area contributed by atoms with E-state index in [0.717, 1.165) is 38.5 Å².